The van der Waals surface area contributed by atoms with Gasteiger partial charge in [0.1, 0.15) is 0 Å². The first-order valence-electron chi connectivity index (χ1n) is 5.09. The lowest BCUT2D eigenvalue weighted by Gasteiger charge is -2.11. The van der Waals surface area contributed by atoms with Crippen molar-refractivity contribution in [2.24, 2.45) is 5.73 Å². The molecule has 0 bridgehead atoms. The molecule has 5 heteroatoms. The highest BCUT2D eigenvalue weighted by molar-refractivity contribution is 7.91. The molecule has 0 saturated carbocycles. The molecular weight excluding hydrogens is 226 g/mol. The second kappa shape index (κ2) is 3.90. The number of carbonyl (C=O) groups is 1. The van der Waals surface area contributed by atoms with E-state index in [1.54, 1.807) is 24.3 Å². The molecule has 1 atom stereocenters. The fourth-order valence-electron chi connectivity index (χ4n) is 2.12. The monoisotopic (exact) mass is 239 g/mol. The van der Waals surface area contributed by atoms with Gasteiger partial charge < -0.3 is 5.73 Å². The lowest BCUT2D eigenvalue weighted by Crippen LogP contribution is -2.16. The zero-order valence-corrected chi connectivity index (χ0v) is 9.53. The van der Waals surface area contributed by atoms with Gasteiger partial charge in [0.05, 0.1) is 11.5 Å². The standard InChI is InChI=1S/C11H13NO3S/c12-11(13)10-4-2-1-3-9(10)8-5-6-16(14,15)7-8/h1-4,8H,5-7H2,(H2,12,13)/t8-/m0/s1. The minimum atomic E-state index is -2.94. The van der Waals surface area contributed by atoms with E-state index in [1.165, 1.54) is 0 Å². The van der Waals surface area contributed by atoms with Crippen molar-refractivity contribution in [3.05, 3.63) is 35.4 Å². The van der Waals surface area contributed by atoms with Crippen molar-refractivity contribution in [3.63, 3.8) is 0 Å². The van der Waals surface area contributed by atoms with Gasteiger partial charge in [-0.05, 0) is 24.0 Å². The van der Waals surface area contributed by atoms with Crippen LogP contribution >= 0.6 is 0 Å². The molecule has 0 aliphatic carbocycles. The van der Waals surface area contributed by atoms with Crippen LogP contribution in [0.15, 0.2) is 24.3 Å². The predicted octanol–water partition coefficient (Wildman–Crippen LogP) is 0.688. The van der Waals surface area contributed by atoms with Gasteiger partial charge >= 0.3 is 0 Å². The van der Waals surface area contributed by atoms with Crippen LogP contribution in [0.3, 0.4) is 0 Å². The summed E-state index contributed by atoms with van der Waals surface area (Å²) < 4.78 is 22.8. The Bertz CT molecular complexity index is 522. The van der Waals surface area contributed by atoms with Gasteiger partial charge in [-0.2, -0.15) is 0 Å². The van der Waals surface area contributed by atoms with Crippen molar-refractivity contribution in [3.8, 4) is 0 Å². The third-order valence-corrected chi connectivity index (χ3v) is 4.67. The molecular formula is C11H13NO3S. The fourth-order valence-corrected chi connectivity index (χ4v) is 3.89. The molecule has 16 heavy (non-hydrogen) atoms. The molecule has 86 valence electrons. The molecule has 0 radical (unpaired) electrons. The lowest BCUT2D eigenvalue weighted by molar-refractivity contribution is 0.0999. The average molecular weight is 239 g/mol. The number of primary amides is 1. The highest BCUT2D eigenvalue weighted by Gasteiger charge is 2.30. The second-order valence-electron chi connectivity index (χ2n) is 4.05. The smallest absolute Gasteiger partial charge is 0.248 e. The number of benzene rings is 1. The fraction of sp³-hybridized carbons (Fsp3) is 0.364. The maximum Gasteiger partial charge on any atom is 0.248 e. The summed E-state index contributed by atoms with van der Waals surface area (Å²) in [6, 6.07) is 6.95. The van der Waals surface area contributed by atoms with Gasteiger partial charge in [0.15, 0.2) is 9.84 Å². The molecule has 4 nitrogen and oxygen atoms in total. The van der Waals surface area contributed by atoms with Crippen LogP contribution in [0, 0.1) is 0 Å². The molecule has 1 aromatic carbocycles. The van der Waals surface area contributed by atoms with Crippen LogP contribution < -0.4 is 5.73 Å². The van der Waals surface area contributed by atoms with Gasteiger partial charge in [-0.15, -0.1) is 0 Å². The Morgan fingerprint density at radius 3 is 2.56 bits per heavy atom. The van der Waals surface area contributed by atoms with Crippen LogP contribution in [0.4, 0.5) is 0 Å². The molecule has 1 aromatic rings. The van der Waals surface area contributed by atoms with Crippen LogP contribution in [0.25, 0.3) is 0 Å². The topological polar surface area (TPSA) is 77.2 Å². The van der Waals surface area contributed by atoms with Crippen molar-refractivity contribution < 1.29 is 13.2 Å². The Kier molecular flexibility index (Phi) is 2.71. The molecule has 2 rings (SSSR count). The van der Waals surface area contributed by atoms with Crippen LogP contribution in [-0.4, -0.2) is 25.8 Å². The zero-order chi connectivity index (χ0) is 11.8. The number of hydrogen-bond donors (Lipinski definition) is 1. The average Bonchev–Trinajstić information content (AvgIpc) is 2.59. The van der Waals surface area contributed by atoms with E-state index in [0.29, 0.717) is 12.0 Å². The summed E-state index contributed by atoms with van der Waals surface area (Å²) >= 11 is 0. The molecule has 1 saturated heterocycles. The van der Waals surface area contributed by atoms with E-state index in [9.17, 15) is 13.2 Å². The maximum absolute atomic E-state index is 11.4. The Morgan fingerprint density at radius 2 is 2.00 bits per heavy atom. The van der Waals surface area contributed by atoms with Gasteiger partial charge in [0, 0.05) is 5.56 Å². The minimum absolute atomic E-state index is 0.0892. The summed E-state index contributed by atoms with van der Waals surface area (Å²) in [6.45, 7) is 0. The number of carbonyl (C=O) groups excluding carboxylic acids is 1. The number of hydrogen-bond acceptors (Lipinski definition) is 3. The normalized spacial score (nSPS) is 23.1. The van der Waals surface area contributed by atoms with E-state index >= 15 is 0 Å². The SMILES string of the molecule is NC(=O)c1ccccc1[C@H]1CCS(=O)(=O)C1. The second-order valence-corrected chi connectivity index (χ2v) is 6.28. The quantitative estimate of drug-likeness (QED) is 0.824. The molecule has 1 fully saturated rings. The summed E-state index contributed by atoms with van der Waals surface area (Å²) in [4.78, 5) is 11.2. The van der Waals surface area contributed by atoms with Crippen LogP contribution in [0.2, 0.25) is 0 Å². The first kappa shape index (κ1) is 11.1. The van der Waals surface area contributed by atoms with Crippen molar-refractivity contribution in [1.82, 2.24) is 0 Å². The van der Waals surface area contributed by atoms with Crippen molar-refractivity contribution in [1.29, 1.82) is 0 Å². The third-order valence-electron chi connectivity index (χ3n) is 2.90. The molecule has 1 amide bonds. The molecule has 0 aromatic heterocycles. The van der Waals surface area contributed by atoms with E-state index in [1.807, 2.05) is 0 Å². The van der Waals surface area contributed by atoms with Crippen molar-refractivity contribution in [2.45, 2.75) is 12.3 Å². The summed E-state index contributed by atoms with van der Waals surface area (Å²) in [5.41, 5.74) is 6.46. The van der Waals surface area contributed by atoms with Crippen molar-refractivity contribution in [2.75, 3.05) is 11.5 Å². The summed E-state index contributed by atoms with van der Waals surface area (Å²) in [5, 5.41) is 0. The predicted molar refractivity (Wildman–Crippen MR) is 61.0 cm³/mol. The van der Waals surface area contributed by atoms with Gasteiger partial charge in [0.25, 0.3) is 0 Å². The summed E-state index contributed by atoms with van der Waals surface area (Å²) in [7, 11) is -2.94. The van der Waals surface area contributed by atoms with Gasteiger partial charge in [-0.3, -0.25) is 4.79 Å². The Morgan fingerprint density at radius 1 is 1.31 bits per heavy atom. The number of nitrogens with two attached hydrogens (primary N) is 1. The summed E-state index contributed by atoms with van der Waals surface area (Å²) in [5.74, 6) is -0.268. The van der Waals surface area contributed by atoms with E-state index in [2.05, 4.69) is 0 Å². The summed E-state index contributed by atoms with van der Waals surface area (Å²) in [6.07, 6.45) is 0.576. The van der Waals surface area contributed by atoms with E-state index < -0.39 is 15.7 Å². The van der Waals surface area contributed by atoms with Gasteiger partial charge in [-0.25, -0.2) is 8.42 Å². The maximum atomic E-state index is 11.4. The Hall–Kier alpha value is -1.36. The first-order chi connectivity index (χ1) is 7.49. The Labute approximate surface area is 94.4 Å². The highest BCUT2D eigenvalue weighted by atomic mass is 32.2. The number of amides is 1. The first-order valence-corrected chi connectivity index (χ1v) is 6.91. The van der Waals surface area contributed by atoms with E-state index in [4.69, 9.17) is 5.73 Å². The van der Waals surface area contributed by atoms with Crippen molar-refractivity contribution >= 4 is 15.7 Å². The van der Waals surface area contributed by atoms with E-state index in [0.717, 1.165) is 5.56 Å². The van der Waals surface area contributed by atoms with Crippen LogP contribution in [0.5, 0.6) is 0 Å². The van der Waals surface area contributed by atoms with E-state index in [-0.39, 0.29) is 17.4 Å². The number of sulfone groups is 1. The molecule has 1 heterocycles. The largest absolute Gasteiger partial charge is 0.366 e. The lowest BCUT2D eigenvalue weighted by atomic mass is 9.93. The third kappa shape index (κ3) is 2.09. The number of rotatable bonds is 2. The zero-order valence-electron chi connectivity index (χ0n) is 8.72. The molecule has 1 aliphatic rings. The molecule has 2 N–H and O–H groups in total. The van der Waals surface area contributed by atoms with Gasteiger partial charge in [-0.1, -0.05) is 18.2 Å². The van der Waals surface area contributed by atoms with Crippen LogP contribution in [0.1, 0.15) is 28.3 Å². The highest BCUT2D eigenvalue weighted by Crippen LogP contribution is 2.30. The minimum Gasteiger partial charge on any atom is -0.366 e. The van der Waals surface area contributed by atoms with Gasteiger partial charge in [0.2, 0.25) is 5.91 Å². The molecule has 0 unspecified atom stereocenters. The molecule has 1 aliphatic heterocycles. The molecule has 0 spiro atoms. The van der Waals surface area contributed by atoms with Crippen LogP contribution in [-0.2, 0) is 9.84 Å². The Balaban J connectivity index is 2.38.